The maximum absolute atomic E-state index is 15.8. The van der Waals surface area contributed by atoms with Crippen LogP contribution in [-0.2, 0) is 43.1 Å². The van der Waals surface area contributed by atoms with Gasteiger partial charge >= 0.3 is 5.97 Å². The van der Waals surface area contributed by atoms with Crippen LogP contribution in [0.15, 0.2) is 78.9 Å². The number of aromatic hydroxyl groups is 3. The maximum Gasteiger partial charge on any atom is 0.330 e. The highest BCUT2D eigenvalue weighted by molar-refractivity contribution is 6.32. The topological polar surface area (TPSA) is 486 Å². The molecule has 6 aliphatic heterocycles. The zero-order chi connectivity index (χ0) is 66.2. The number of nitrogens with two attached hydrogens (primary N) is 1. The predicted molar refractivity (Wildman–Crippen MR) is 313 cm³/mol. The fourth-order valence-corrected chi connectivity index (χ4v) is 11.2. The number of carboxylic acid groups (broad SMARTS) is 1. The summed E-state index contributed by atoms with van der Waals surface area (Å²) in [5.74, 6) is -15.8. The van der Waals surface area contributed by atoms with Gasteiger partial charge in [-0.25, -0.2) is 4.79 Å². The molecule has 14 atom stereocenters. The third-order valence-corrected chi connectivity index (χ3v) is 16.0. The van der Waals surface area contributed by atoms with Crippen LogP contribution in [0.5, 0.6) is 46.0 Å². The highest BCUT2D eigenvalue weighted by Crippen LogP contribution is 2.49. The van der Waals surface area contributed by atoms with Crippen molar-refractivity contribution in [2.45, 2.75) is 112 Å². The number of rotatable bonds is 11. The summed E-state index contributed by atoms with van der Waals surface area (Å²) in [6.07, 6.45) is -14.9. The van der Waals surface area contributed by atoms with Gasteiger partial charge in [0.1, 0.15) is 95.6 Å². The van der Waals surface area contributed by atoms with Crippen LogP contribution in [0.3, 0.4) is 0 Å². The van der Waals surface area contributed by atoms with Gasteiger partial charge in [-0.1, -0.05) is 55.2 Å². The van der Waals surface area contributed by atoms with Gasteiger partial charge in [0.2, 0.25) is 53.4 Å². The number of hydrogen-bond donors (Lipinski definition) is 18. The molecular weight excluding hydrogens is 1240 g/mol. The second-order valence-corrected chi connectivity index (χ2v) is 23.0. The molecule has 0 unspecified atom stereocenters. The Kier molecular flexibility index (Phi) is 19.8. The standard InChI is InChI=1S/C59H62Cl2N8O22/c1-20(2)10-30(63-3)52(80)68-44-46(75)22-5-8-34(28(60)12-22)88-36-14-24-15-37(51(36)91-59-50(79)49(78)48(77)38(19-70)90-59)89-35-9-6-23(13-29(35)61)47(76)45-57(85)67-43(58(86)87)27-16-25(71)17-33(73)40(27)26-11-21(4-7-32(26)72)41(54(82)69-45)66-55(83)42(24)65-53(81)31(18-39(62)74)64-56(44)84/h4-9,11-17,20,30-31,38,41-50,59,63,70-73,75-79H,10,18-19H2,1-3H3,(H2,62,74)(H,64,84)(H,65,81)(H,66,83)(H,67,85)(H,68,80)(H,69,82)(H,86,87)/t30-,31-,38-,41-,42-,43-,44-,45-,46-,47-,48-,49+,50-,59+/m1/s1. The highest BCUT2D eigenvalue weighted by atomic mass is 35.5. The lowest BCUT2D eigenvalue weighted by Gasteiger charge is -2.39. The van der Waals surface area contributed by atoms with Crippen molar-refractivity contribution in [1.29, 1.82) is 0 Å². The number of halogens is 2. The smallest absolute Gasteiger partial charge is 0.330 e. The number of ether oxygens (including phenoxy) is 4. The first-order valence-corrected chi connectivity index (χ1v) is 28.7. The van der Waals surface area contributed by atoms with Crippen LogP contribution in [0, 0.1) is 5.92 Å². The van der Waals surface area contributed by atoms with Gasteiger partial charge in [0, 0.05) is 22.8 Å². The van der Waals surface area contributed by atoms with Crippen LogP contribution in [0.4, 0.5) is 0 Å². The van der Waals surface area contributed by atoms with E-state index in [0.29, 0.717) is 0 Å². The molecule has 5 aromatic rings. The van der Waals surface area contributed by atoms with Crippen molar-refractivity contribution in [3.63, 3.8) is 0 Å². The maximum atomic E-state index is 15.8. The molecule has 30 nitrogen and oxygen atoms in total. The molecule has 19 N–H and O–H groups in total. The number of phenols is 3. The molecule has 0 aromatic heterocycles. The van der Waals surface area contributed by atoms with Gasteiger partial charge in [-0.15, -0.1) is 0 Å². The number of phenolic OH excluding ortho intramolecular Hbond substituents is 3. The van der Waals surface area contributed by atoms with E-state index in [4.69, 9.17) is 47.9 Å². The fraction of sp³-hybridized carbons (Fsp3) is 0.356. The number of nitrogens with one attached hydrogen (secondary N) is 7. The lowest BCUT2D eigenvalue weighted by Crippen LogP contribution is -2.60. The van der Waals surface area contributed by atoms with Gasteiger partial charge in [0.15, 0.2) is 17.5 Å². The largest absolute Gasteiger partial charge is 0.508 e. The summed E-state index contributed by atoms with van der Waals surface area (Å²) in [6, 6.07) is -0.613. The van der Waals surface area contributed by atoms with E-state index in [0.717, 1.165) is 66.7 Å². The summed E-state index contributed by atoms with van der Waals surface area (Å²) in [5.41, 5.74) is 2.90. The van der Waals surface area contributed by atoms with Crippen molar-refractivity contribution in [1.82, 2.24) is 37.2 Å². The number of aliphatic hydroxyl groups is 6. The molecule has 91 heavy (non-hydrogen) atoms. The molecule has 1 fully saturated rings. The summed E-state index contributed by atoms with van der Waals surface area (Å²) in [5, 5.41) is 128. The molecule has 0 spiro atoms. The Hall–Kier alpha value is -9.08. The monoisotopic (exact) mass is 1300 g/mol. The van der Waals surface area contributed by atoms with E-state index in [9.17, 15) is 75.0 Å². The molecule has 6 aliphatic rings. The average molecular weight is 1310 g/mol. The Balaban J connectivity index is 1.32. The molecule has 6 heterocycles. The molecule has 484 valence electrons. The van der Waals surface area contributed by atoms with Gasteiger partial charge in [0.05, 0.1) is 29.1 Å². The zero-order valence-electron chi connectivity index (χ0n) is 48.0. The Morgan fingerprint density at radius 2 is 1.25 bits per heavy atom. The van der Waals surface area contributed by atoms with Gasteiger partial charge < -0.3 is 113 Å². The number of fused-ring (bicyclic) bond motifs is 15. The number of amides is 7. The number of primary amides is 1. The lowest BCUT2D eigenvalue weighted by molar-refractivity contribution is -0.277. The third kappa shape index (κ3) is 14.0. The summed E-state index contributed by atoms with van der Waals surface area (Å²) in [6.45, 7) is 2.69. The van der Waals surface area contributed by atoms with Crippen molar-refractivity contribution in [3.8, 4) is 57.1 Å². The Morgan fingerprint density at radius 3 is 1.84 bits per heavy atom. The number of carboxylic acids is 1. The lowest BCUT2D eigenvalue weighted by atomic mass is 9.89. The summed E-state index contributed by atoms with van der Waals surface area (Å²) >= 11 is 13.8. The number of carbonyl (C=O) groups excluding carboxylic acids is 7. The van der Waals surface area contributed by atoms with Crippen LogP contribution >= 0.6 is 23.2 Å². The molecule has 1 saturated heterocycles. The van der Waals surface area contributed by atoms with E-state index in [2.05, 4.69) is 37.2 Å². The Labute approximate surface area is 525 Å². The van der Waals surface area contributed by atoms with Gasteiger partial charge in [-0.2, -0.15) is 0 Å². The summed E-state index contributed by atoms with van der Waals surface area (Å²) in [4.78, 5) is 115. The van der Waals surface area contributed by atoms with E-state index in [-0.39, 0.29) is 45.6 Å². The van der Waals surface area contributed by atoms with Crippen molar-refractivity contribution < 1.29 is 108 Å². The molecule has 0 aliphatic carbocycles. The Bertz CT molecular complexity index is 3730. The van der Waals surface area contributed by atoms with Crippen LogP contribution in [0.25, 0.3) is 11.1 Å². The predicted octanol–water partition coefficient (Wildman–Crippen LogP) is -0.131. The minimum absolute atomic E-state index is 0.0825. The van der Waals surface area contributed by atoms with Crippen LogP contribution in [0.2, 0.25) is 10.0 Å². The van der Waals surface area contributed by atoms with E-state index >= 15 is 14.4 Å². The first kappa shape index (κ1) is 66.3. The highest BCUT2D eigenvalue weighted by Gasteiger charge is 2.47. The van der Waals surface area contributed by atoms with E-state index in [1.54, 1.807) is 0 Å². The van der Waals surface area contributed by atoms with E-state index in [1.165, 1.54) is 19.2 Å². The number of aliphatic carboxylic acids is 1. The minimum Gasteiger partial charge on any atom is -0.508 e. The molecule has 5 aromatic carbocycles. The summed E-state index contributed by atoms with van der Waals surface area (Å²) < 4.78 is 24.8. The summed E-state index contributed by atoms with van der Waals surface area (Å²) in [7, 11) is 1.47. The Morgan fingerprint density at radius 1 is 0.659 bits per heavy atom. The molecule has 0 saturated carbocycles. The number of benzene rings is 5. The molecule has 7 amide bonds. The quantitative estimate of drug-likeness (QED) is 0.0819. The third-order valence-electron chi connectivity index (χ3n) is 15.4. The number of carbonyl (C=O) groups is 8. The molecule has 11 bridgehead atoms. The van der Waals surface area contributed by atoms with Crippen LogP contribution in [-0.4, -0.2) is 167 Å². The van der Waals surface area contributed by atoms with Crippen LogP contribution < -0.4 is 57.2 Å². The second-order valence-electron chi connectivity index (χ2n) is 22.2. The second kappa shape index (κ2) is 27.2. The van der Waals surface area contributed by atoms with Crippen molar-refractivity contribution in [3.05, 3.63) is 117 Å². The first-order chi connectivity index (χ1) is 43.1. The van der Waals surface area contributed by atoms with Gasteiger partial charge in [-0.3, -0.25) is 33.6 Å². The molecular formula is C59H62Cl2N8O22. The van der Waals surface area contributed by atoms with Crippen molar-refractivity contribution >= 4 is 70.5 Å². The SMILES string of the molecule is CN[C@H](CC(C)C)C(=O)N[C@H]1C(=O)N[C@H](CC(N)=O)C(=O)N[C@H]2C(=O)N[C@H]3C(=O)N[C@@H](C(=O)N[C@@H](C(=O)O)c4cc(O)cc(O)c4-c4cc3ccc4O)[C@H](O)c3ccc(c(Cl)c3)Oc3cc2cc(c3O[C@@H]2O[C@H](CO)[C@@H](O)[C@H](O)[C@H]2O)Oc2ccc(cc2Cl)[C@H]1O. The van der Waals surface area contributed by atoms with E-state index in [1.807, 2.05) is 13.8 Å². The van der Waals surface area contributed by atoms with Gasteiger partial charge in [0.25, 0.3) is 0 Å². The number of likely N-dealkylation sites (N-methyl/N-ethyl adjacent to an activating group) is 1. The van der Waals surface area contributed by atoms with Gasteiger partial charge in [-0.05, 0) is 96.2 Å². The molecule has 32 heteroatoms. The zero-order valence-corrected chi connectivity index (χ0v) is 49.5. The first-order valence-electron chi connectivity index (χ1n) is 27.9. The van der Waals surface area contributed by atoms with E-state index < -0.39 is 207 Å². The van der Waals surface area contributed by atoms with Crippen molar-refractivity contribution in [2.24, 2.45) is 11.7 Å². The van der Waals surface area contributed by atoms with Crippen LogP contribution in [0.1, 0.15) is 84.8 Å². The number of hydrogen-bond acceptors (Lipinski definition) is 22. The normalized spacial score (nSPS) is 26.2. The molecule has 0 radical (unpaired) electrons. The molecule has 11 rings (SSSR count). The average Bonchev–Trinajstić information content (AvgIpc) is 0.790. The minimum atomic E-state index is -2.31. The number of aliphatic hydroxyl groups excluding tert-OH is 6. The van der Waals surface area contributed by atoms with Crippen molar-refractivity contribution in [2.75, 3.05) is 13.7 Å². The fourth-order valence-electron chi connectivity index (χ4n) is 10.7.